The molecule has 3 N–H and O–H groups in total. The highest BCUT2D eigenvalue weighted by molar-refractivity contribution is 5.71. The number of rotatable bonds is 10. The Morgan fingerprint density at radius 2 is 0.745 bits per heavy atom. The maximum absolute atomic E-state index is 12.9. The van der Waals surface area contributed by atoms with Crippen molar-refractivity contribution in [2.24, 2.45) is 0 Å². The van der Waals surface area contributed by atoms with Crippen LogP contribution in [-0.4, -0.2) is 5.97 Å². The van der Waals surface area contributed by atoms with Gasteiger partial charge >= 0.3 is 5.97 Å². The third-order valence-electron chi connectivity index (χ3n) is 8.09. The van der Waals surface area contributed by atoms with Gasteiger partial charge in [-0.15, -0.1) is 0 Å². The second-order valence-electron chi connectivity index (χ2n) is 12.0. The molecule has 234 valence electrons. The summed E-state index contributed by atoms with van der Waals surface area (Å²) in [5.41, 5.74) is 10.7. The van der Waals surface area contributed by atoms with Gasteiger partial charge in [-0.25, -0.2) is 0 Å². The fourth-order valence-electron chi connectivity index (χ4n) is 5.93. The lowest BCUT2D eigenvalue weighted by Gasteiger charge is -2.35. The smallest absolute Gasteiger partial charge is 0.304 e. The van der Waals surface area contributed by atoms with Gasteiger partial charge in [0, 0.05) is 57.7 Å². The molecule has 0 aromatic heterocycles. The van der Waals surface area contributed by atoms with E-state index in [0.29, 0.717) is 0 Å². The molecule has 0 heterocycles. The molecule has 0 atom stereocenters. The molecule has 0 fully saturated rings. The van der Waals surface area contributed by atoms with Crippen molar-refractivity contribution < 1.29 is 9.53 Å². The number of nitrogens with one attached hydrogen (secondary N) is 3. The quantitative estimate of drug-likeness (QED) is 0.105. The van der Waals surface area contributed by atoms with Gasteiger partial charge in [-0.2, -0.15) is 0 Å². The Morgan fingerprint density at radius 3 is 1.00 bits per heavy atom. The van der Waals surface area contributed by atoms with Crippen molar-refractivity contribution in [1.29, 1.82) is 0 Å². The van der Waals surface area contributed by atoms with Crippen molar-refractivity contribution >= 4 is 40.1 Å². The first kappa shape index (κ1) is 31.2. The highest BCUT2D eigenvalue weighted by Gasteiger charge is 2.40. The maximum Gasteiger partial charge on any atom is 0.304 e. The summed E-state index contributed by atoms with van der Waals surface area (Å²) >= 11 is 0. The summed E-state index contributed by atoms with van der Waals surface area (Å²) in [5, 5.41) is 10.5. The number of aryl methyl sites for hydroxylation is 3. The summed E-state index contributed by atoms with van der Waals surface area (Å²) in [7, 11) is 0. The van der Waals surface area contributed by atoms with E-state index < -0.39 is 5.60 Å². The van der Waals surface area contributed by atoms with Crippen molar-refractivity contribution in [3.63, 3.8) is 0 Å². The number of benzene rings is 6. The zero-order valence-electron chi connectivity index (χ0n) is 27.2. The molecule has 6 rings (SSSR count). The Kier molecular flexibility index (Phi) is 9.07. The van der Waals surface area contributed by atoms with Crippen molar-refractivity contribution in [3.05, 3.63) is 179 Å². The van der Waals surface area contributed by atoms with E-state index in [2.05, 4.69) is 73.1 Å². The SMILES string of the molecule is CC(=O)OC(c1ccc(Nc2cccc(C)c2)cc1)(c1ccc(Nc2cccc(C)c2)cc1)c1ccc(Nc2cccc(C)c2)cc1. The fourth-order valence-corrected chi connectivity index (χ4v) is 5.93. The lowest BCUT2D eigenvalue weighted by molar-refractivity contribution is -0.150. The summed E-state index contributed by atoms with van der Waals surface area (Å²) in [5.74, 6) is -0.379. The summed E-state index contributed by atoms with van der Waals surface area (Å²) in [6.07, 6.45) is 0. The molecule has 0 amide bonds. The van der Waals surface area contributed by atoms with E-state index in [-0.39, 0.29) is 5.97 Å². The molecule has 0 radical (unpaired) electrons. The van der Waals surface area contributed by atoms with E-state index in [4.69, 9.17) is 4.74 Å². The Morgan fingerprint density at radius 1 is 0.447 bits per heavy atom. The molecule has 0 saturated carbocycles. The third kappa shape index (κ3) is 7.37. The average Bonchev–Trinajstić information content (AvgIpc) is 3.05. The minimum absolute atomic E-state index is 0.379. The minimum Gasteiger partial charge on any atom is -0.444 e. The summed E-state index contributed by atoms with van der Waals surface area (Å²) < 4.78 is 6.42. The van der Waals surface area contributed by atoms with Gasteiger partial charge in [0.05, 0.1) is 0 Å². The van der Waals surface area contributed by atoms with E-state index in [9.17, 15) is 4.79 Å². The third-order valence-corrected chi connectivity index (χ3v) is 8.09. The van der Waals surface area contributed by atoms with Crippen LogP contribution in [0.15, 0.2) is 146 Å². The van der Waals surface area contributed by atoms with Gasteiger partial charge in [0.25, 0.3) is 0 Å². The molecule has 6 aromatic rings. The molecule has 0 aliphatic carbocycles. The maximum atomic E-state index is 12.9. The predicted molar refractivity (Wildman–Crippen MR) is 194 cm³/mol. The average molecular weight is 618 g/mol. The largest absolute Gasteiger partial charge is 0.444 e. The predicted octanol–water partition coefficient (Wildman–Crippen LogP) is 10.7. The second kappa shape index (κ2) is 13.7. The van der Waals surface area contributed by atoms with Crippen LogP contribution in [0.4, 0.5) is 34.1 Å². The first-order valence-corrected chi connectivity index (χ1v) is 15.8. The topological polar surface area (TPSA) is 62.4 Å². The van der Waals surface area contributed by atoms with Gasteiger partial charge in [-0.1, -0.05) is 72.8 Å². The van der Waals surface area contributed by atoms with Gasteiger partial charge in [0.2, 0.25) is 0 Å². The number of anilines is 6. The molecule has 5 heteroatoms. The monoisotopic (exact) mass is 617 g/mol. The van der Waals surface area contributed by atoms with Crippen LogP contribution in [-0.2, 0) is 15.1 Å². The van der Waals surface area contributed by atoms with Gasteiger partial charge in [0.1, 0.15) is 0 Å². The Balaban J connectivity index is 1.40. The highest BCUT2D eigenvalue weighted by Crippen LogP contribution is 2.42. The molecule has 0 unspecified atom stereocenters. The number of carbonyl (C=O) groups is 1. The summed E-state index contributed by atoms with van der Waals surface area (Å²) in [4.78, 5) is 12.9. The molecule has 6 aromatic carbocycles. The van der Waals surface area contributed by atoms with E-state index in [1.807, 2.05) is 109 Å². The molecule has 0 aliphatic rings. The number of carbonyl (C=O) groups excluding carboxylic acids is 1. The van der Waals surface area contributed by atoms with E-state index >= 15 is 0 Å². The normalized spacial score (nSPS) is 11.1. The zero-order chi connectivity index (χ0) is 32.8. The van der Waals surface area contributed by atoms with Crippen molar-refractivity contribution in [1.82, 2.24) is 0 Å². The van der Waals surface area contributed by atoms with Crippen LogP contribution in [0.2, 0.25) is 0 Å². The lowest BCUT2D eigenvalue weighted by Crippen LogP contribution is -2.34. The second-order valence-corrected chi connectivity index (χ2v) is 12.0. The number of hydrogen-bond acceptors (Lipinski definition) is 5. The van der Waals surface area contributed by atoms with Crippen LogP contribution in [0, 0.1) is 20.8 Å². The molecular weight excluding hydrogens is 578 g/mol. The zero-order valence-corrected chi connectivity index (χ0v) is 27.2. The number of ether oxygens (including phenoxy) is 1. The lowest BCUT2D eigenvalue weighted by atomic mass is 9.79. The van der Waals surface area contributed by atoms with Crippen LogP contribution >= 0.6 is 0 Å². The van der Waals surface area contributed by atoms with Crippen molar-refractivity contribution in [2.45, 2.75) is 33.3 Å². The number of esters is 1. The molecule has 0 aliphatic heterocycles. The van der Waals surface area contributed by atoms with Crippen LogP contribution in [0.1, 0.15) is 40.3 Å². The van der Waals surface area contributed by atoms with Gasteiger partial charge in [-0.05, 0) is 110 Å². The van der Waals surface area contributed by atoms with Crippen LogP contribution in [0.3, 0.4) is 0 Å². The van der Waals surface area contributed by atoms with Crippen LogP contribution in [0.25, 0.3) is 0 Å². The standard InChI is InChI=1S/C42H39N3O2/c1-29-8-5-11-39(26-29)43-36-20-14-33(15-21-36)42(47-32(4)46,34-16-22-37(23-17-34)44-40-12-6-9-30(2)27-40)35-18-24-38(25-19-35)45-41-13-7-10-31(3)28-41/h5-28,43-45H,1-4H3. The van der Waals surface area contributed by atoms with Crippen molar-refractivity contribution in [3.8, 4) is 0 Å². The van der Waals surface area contributed by atoms with E-state index in [1.165, 1.54) is 23.6 Å². The molecule has 47 heavy (non-hydrogen) atoms. The highest BCUT2D eigenvalue weighted by atomic mass is 16.6. The van der Waals surface area contributed by atoms with Gasteiger partial charge in [0.15, 0.2) is 5.60 Å². The molecule has 0 saturated heterocycles. The fraction of sp³-hybridized carbons (Fsp3) is 0.119. The number of hydrogen-bond donors (Lipinski definition) is 3. The first-order chi connectivity index (χ1) is 22.8. The summed E-state index contributed by atoms with van der Waals surface area (Å²) in [6, 6.07) is 49.1. The van der Waals surface area contributed by atoms with E-state index in [1.54, 1.807) is 0 Å². The molecular formula is C42H39N3O2. The Labute approximate surface area is 277 Å². The Bertz CT molecular complexity index is 1760. The van der Waals surface area contributed by atoms with Crippen LogP contribution < -0.4 is 16.0 Å². The van der Waals surface area contributed by atoms with E-state index in [0.717, 1.165) is 50.8 Å². The molecule has 0 bridgehead atoms. The first-order valence-electron chi connectivity index (χ1n) is 15.8. The van der Waals surface area contributed by atoms with Crippen LogP contribution in [0.5, 0.6) is 0 Å². The minimum atomic E-state index is -1.20. The summed E-state index contributed by atoms with van der Waals surface area (Å²) in [6.45, 7) is 7.69. The molecule has 5 nitrogen and oxygen atoms in total. The van der Waals surface area contributed by atoms with Gasteiger partial charge < -0.3 is 20.7 Å². The molecule has 0 spiro atoms. The Hall–Kier alpha value is -5.81. The van der Waals surface area contributed by atoms with Crippen molar-refractivity contribution in [2.75, 3.05) is 16.0 Å². The van der Waals surface area contributed by atoms with Gasteiger partial charge in [-0.3, -0.25) is 4.79 Å².